The van der Waals surface area contributed by atoms with Crippen LogP contribution in [0.15, 0.2) is 40.9 Å². The lowest BCUT2D eigenvalue weighted by atomic mass is 9.98. The fourth-order valence-electron chi connectivity index (χ4n) is 2.00. The van der Waals surface area contributed by atoms with Crippen LogP contribution in [-0.4, -0.2) is 0 Å². The summed E-state index contributed by atoms with van der Waals surface area (Å²) in [6.45, 7) is 0. The van der Waals surface area contributed by atoms with E-state index in [0.29, 0.717) is 10.0 Å². The number of nitrogens with two attached hydrogens (primary N) is 1. The Balaban J connectivity index is 2.34. The second-order valence-electron chi connectivity index (χ2n) is 4.29. The van der Waals surface area contributed by atoms with Crippen molar-refractivity contribution in [1.82, 2.24) is 5.43 Å². The minimum absolute atomic E-state index is 0.133. The molecule has 0 aromatic heterocycles. The first-order chi connectivity index (χ1) is 9.52. The number of nitrogens with one attached hydrogen (secondary N) is 1. The van der Waals surface area contributed by atoms with E-state index in [9.17, 15) is 13.2 Å². The molecule has 1 atom stereocenters. The largest absolute Gasteiger partial charge is 0.271 e. The number of rotatable bonds is 4. The maximum absolute atomic E-state index is 13.7. The SMILES string of the molecule is NNC(Cc1ccc(F)cc1Br)c1c(F)cccc1F. The van der Waals surface area contributed by atoms with E-state index in [1.54, 1.807) is 6.07 Å². The van der Waals surface area contributed by atoms with Crippen molar-refractivity contribution in [2.45, 2.75) is 12.5 Å². The molecule has 2 aromatic carbocycles. The highest BCUT2D eigenvalue weighted by Crippen LogP contribution is 2.27. The van der Waals surface area contributed by atoms with Crippen LogP contribution < -0.4 is 11.3 Å². The monoisotopic (exact) mass is 344 g/mol. The molecular weight excluding hydrogens is 333 g/mol. The molecule has 2 aromatic rings. The van der Waals surface area contributed by atoms with Gasteiger partial charge >= 0.3 is 0 Å². The maximum Gasteiger partial charge on any atom is 0.130 e. The van der Waals surface area contributed by atoms with Crippen LogP contribution in [-0.2, 0) is 6.42 Å². The topological polar surface area (TPSA) is 38.0 Å². The summed E-state index contributed by atoms with van der Waals surface area (Å²) in [7, 11) is 0. The van der Waals surface area contributed by atoms with Gasteiger partial charge in [0.1, 0.15) is 17.5 Å². The number of hydrogen-bond donors (Lipinski definition) is 2. The Bertz CT molecular complexity index is 599. The molecule has 0 saturated heterocycles. The van der Waals surface area contributed by atoms with E-state index in [0.717, 1.165) is 0 Å². The molecule has 0 radical (unpaired) electrons. The van der Waals surface area contributed by atoms with Gasteiger partial charge in [0, 0.05) is 10.0 Å². The molecule has 0 saturated carbocycles. The van der Waals surface area contributed by atoms with Gasteiger partial charge in [0.15, 0.2) is 0 Å². The summed E-state index contributed by atoms with van der Waals surface area (Å²) >= 11 is 3.22. The zero-order chi connectivity index (χ0) is 14.7. The van der Waals surface area contributed by atoms with Gasteiger partial charge in [-0.15, -0.1) is 0 Å². The minimum atomic E-state index is -0.752. The third kappa shape index (κ3) is 3.20. The fraction of sp³-hybridized carbons (Fsp3) is 0.143. The Morgan fingerprint density at radius 2 is 1.75 bits per heavy atom. The summed E-state index contributed by atoms with van der Waals surface area (Å²) in [4.78, 5) is 0. The predicted octanol–water partition coefficient (Wildman–Crippen LogP) is 3.61. The Hall–Kier alpha value is -1.37. The Kier molecular flexibility index (Phi) is 4.80. The summed E-state index contributed by atoms with van der Waals surface area (Å²) in [5.74, 6) is 3.65. The molecule has 0 bridgehead atoms. The van der Waals surface area contributed by atoms with Crippen molar-refractivity contribution in [3.8, 4) is 0 Å². The normalized spacial score (nSPS) is 12.4. The van der Waals surface area contributed by atoms with Gasteiger partial charge in [-0.2, -0.15) is 0 Å². The van der Waals surface area contributed by atoms with Crippen LogP contribution in [0.25, 0.3) is 0 Å². The summed E-state index contributed by atoms with van der Waals surface area (Å²) in [6.07, 6.45) is 0.217. The molecule has 106 valence electrons. The molecule has 2 rings (SSSR count). The molecule has 0 amide bonds. The summed E-state index contributed by atoms with van der Waals surface area (Å²) in [6, 6.07) is 6.99. The lowest BCUT2D eigenvalue weighted by molar-refractivity contribution is 0.472. The first-order valence-electron chi connectivity index (χ1n) is 5.87. The van der Waals surface area contributed by atoms with E-state index in [1.807, 2.05) is 0 Å². The number of halogens is 4. The quantitative estimate of drug-likeness (QED) is 0.656. The van der Waals surface area contributed by atoms with Gasteiger partial charge in [0.2, 0.25) is 0 Å². The summed E-state index contributed by atoms with van der Waals surface area (Å²) in [5, 5.41) is 0. The van der Waals surface area contributed by atoms with Crippen molar-refractivity contribution in [2.24, 2.45) is 5.84 Å². The first-order valence-corrected chi connectivity index (χ1v) is 6.66. The van der Waals surface area contributed by atoms with Crippen LogP contribution in [0.3, 0.4) is 0 Å². The summed E-state index contributed by atoms with van der Waals surface area (Å²) in [5.41, 5.74) is 2.95. The molecule has 3 N–H and O–H groups in total. The second kappa shape index (κ2) is 6.39. The molecule has 0 aliphatic rings. The lowest BCUT2D eigenvalue weighted by Crippen LogP contribution is -2.31. The van der Waals surface area contributed by atoms with Gasteiger partial charge in [0.05, 0.1) is 6.04 Å². The molecule has 0 spiro atoms. The average molecular weight is 345 g/mol. The highest BCUT2D eigenvalue weighted by atomic mass is 79.9. The van der Waals surface area contributed by atoms with Crippen LogP contribution in [0.4, 0.5) is 13.2 Å². The number of benzene rings is 2. The fourth-order valence-corrected chi connectivity index (χ4v) is 2.51. The van der Waals surface area contributed by atoms with Crippen molar-refractivity contribution in [3.05, 3.63) is 69.4 Å². The maximum atomic E-state index is 13.7. The number of hydrazine groups is 1. The average Bonchev–Trinajstić information content (AvgIpc) is 2.39. The molecule has 2 nitrogen and oxygen atoms in total. The van der Waals surface area contributed by atoms with E-state index >= 15 is 0 Å². The van der Waals surface area contributed by atoms with E-state index in [1.165, 1.54) is 30.3 Å². The molecule has 1 unspecified atom stereocenters. The zero-order valence-corrected chi connectivity index (χ0v) is 11.9. The lowest BCUT2D eigenvalue weighted by Gasteiger charge is -2.18. The van der Waals surface area contributed by atoms with Crippen LogP contribution in [0.5, 0.6) is 0 Å². The minimum Gasteiger partial charge on any atom is -0.271 e. The van der Waals surface area contributed by atoms with E-state index in [2.05, 4.69) is 21.4 Å². The number of hydrogen-bond acceptors (Lipinski definition) is 2. The van der Waals surface area contributed by atoms with Crippen molar-refractivity contribution >= 4 is 15.9 Å². The Labute approximate surface area is 122 Å². The molecule has 20 heavy (non-hydrogen) atoms. The zero-order valence-electron chi connectivity index (χ0n) is 10.3. The highest BCUT2D eigenvalue weighted by molar-refractivity contribution is 9.10. The molecule has 6 heteroatoms. The third-order valence-corrected chi connectivity index (χ3v) is 3.73. The van der Waals surface area contributed by atoms with Gasteiger partial charge < -0.3 is 0 Å². The highest BCUT2D eigenvalue weighted by Gasteiger charge is 2.20. The van der Waals surface area contributed by atoms with Gasteiger partial charge in [-0.25, -0.2) is 13.2 Å². The first kappa shape index (κ1) is 15.0. The Morgan fingerprint density at radius 1 is 1.10 bits per heavy atom. The molecular formula is C14H12BrF3N2. The van der Waals surface area contributed by atoms with Crippen LogP contribution in [0.2, 0.25) is 0 Å². The van der Waals surface area contributed by atoms with Crippen molar-refractivity contribution in [1.29, 1.82) is 0 Å². The van der Waals surface area contributed by atoms with Gasteiger partial charge in [-0.05, 0) is 36.2 Å². The van der Waals surface area contributed by atoms with E-state index in [4.69, 9.17) is 5.84 Å². The smallest absolute Gasteiger partial charge is 0.130 e. The van der Waals surface area contributed by atoms with Crippen LogP contribution in [0.1, 0.15) is 17.2 Å². The van der Waals surface area contributed by atoms with Crippen molar-refractivity contribution in [2.75, 3.05) is 0 Å². The second-order valence-corrected chi connectivity index (χ2v) is 5.15. The molecule has 0 aliphatic carbocycles. The summed E-state index contributed by atoms with van der Waals surface area (Å²) < 4.78 is 41.0. The van der Waals surface area contributed by atoms with Crippen molar-refractivity contribution < 1.29 is 13.2 Å². The van der Waals surface area contributed by atoms with Gasteiger partial charge in [-0.1, -0.05) is 28.1 Å². The predicted molar refractivity (Wildman–Crippen MR) is 74.2 cm³/mol. The molecule has 0 fully saturated rings. The van der Waals surface area contributed by atoms with Crippen LogP contribution >= 0.6 is 15.9 Å². The van der Waals surface area contributed by atoms with E-state index < -0.39 is 23.5 Å². The van der Waals surface area contributed by atoms with Gasteiger partial charge in [0.25, 0.3) is 0 Å². The third-order valence-electron chi connectivity index (χ3n) is 2.99. The van der Waals surface area contributed by atoms with Crippen molar-refractivity contribution in [3.63, 3.8) is 0 Å². The Morgan fingerprint density at radius 3 is 2.30 bits per heavy atom. The van der Waals surface area contributed by atoms with Gasteiger partial charge in [-0.3, -0.25) is 11.3 Å². The molecule has 0 aliphatic heterocycles. The van der Waals surface area contributed by atoms with E-state index in [-0.39, 0.29) is 12.0 Å². The van der Waals surface area contributed by atoms with Crippen LogP contribution in [0, 0.1) is 17.5 Å². The molecule has 0 heterocycles. The standard InChI is InChI=1S/C14H12BrF3N2/c15-10-7-9(16)5-4-8(10)6-13(20-19)14-11(17)2-1-3-12(14)18/h1-5,7,13,20H,6,19H2.